The minimum Gasteiger partial charge on any atom is -0.334 e. The zero-order chi connectivity index (χ0) is 12.6. The Morgan fingerprint density at radius 1 is 1.59 bits per heavy atom. The van der Waals surface area contributed by atoms with Crippen molar-refractivity contribution in [1.82, 2.24) is 15.1 Å². The number of nitrogens with zero attached hydrogens (tertiary/aromatic N) is 2. The molecular weight excluding hydrogens is 216 g/mol. The van der Waals surface area contributed by atoms with Crippen LogP contribution < -0.4 is 5.73 Å². The zero-order valence-corrected chi connectivity index (χ0v) is 10.7. The molecule has 1 aliphatic rings. The highest BCUT2D eigenvalue weighted by Crippen LogP contribution is 2.34. The van der Waals surface area contributed by atoms with E-state index in [0.717, 1.165) is 36.3 Å². The van der Waals surface area contributed by atoms with E-state index in [1.807, 2.05) is 18.7 Å². The average molecular weight is 236 g/mol. The van der Waals surface area contributed by atoms with Crippen LogP contribution in [0.3, 0.4) is 0 Å². The van der Waals surface area contributed by atoms with E-state index >= 15 is 0 Å². The Balaban J connectivity index is 2.29. The van der Waals surface area contributed by atoms with E-state index in [1.165, 1.54) is 0 Å². The number of rotatable bonds is 2. The average Bonchev–Trinajstić information content (AvgIpc) is 2.84. The van der Waals surface area contributed by atoms with Crippen LogP contribution in [0.25, 0.3) is 0 Å². The van der Waals surface area contributed by atoms with Crippen LogP contribution in [0.1, 0.15) is 42.8 Å². The largest absolute Gasteiger partial charge is 0.334 e. The van der Waals surface area contributed by atoms with Gasteiger partial charge in [-0.3, -0.25) is 9.89 Å². The highest BCUT2D eigenvalue weighted by atomic mass is 16.2. The molecule has 3 N–H and O–H groups in total. The number of aryl methyl sites for hydroxylation is 2. The number of hydrogen-bond acceptors (Lipinski definition) is 3. The van der Waals surface area contributed by atoms with Crippen molar-refractivity contribution in [3.05, 3.63) is 17.0 Å². The van der Waals surface area contributed by atoms with Crippen molar-refractivity contribution in [2.24, 2.45) is 5.73 Å². The molecule has 0 unspecified atom stereocenters. The summed E-state index contributed by atoms with van der Waals surface area (Å²) >= 11 is 0. The van der Waals surface area contributed by atoms with Crippen LogP contribution in [0.15, 0.2) is 0 Å². The van der Waals surface area contributed by atoms with Gasteiger partial charge in [0.15, 0.2) is 0 Å². The van der Waals surface area contributed by atoms with Gasteiger partial charge in [-0.1, -0.05) is 0 Å². The van der Waals surface area contributed by atoms with Crippen LogP contribution in [-0.2, 0) is 4.79 Å². The number of aromatic nitrogens is 2. The van der Waals surface area contributed by atoms with Gasteiger partial charge in [0.05, 0.1) is 17.8 Å². The molecule has 2 heterocycles. The second-order valence-corrected chi connectivity index (χ2v) is 4.83. The number of carbonyl (C=O) groups excluding carboxylic acids is 1. The van der Waals surface area contributed by atoms with E-state index in [0.29, 0.717) is 0 Å². The summed E-state index contributed by atoms with van der Waals surface area (Å²) < 4.78 is 0. The lowest BCUT2D eigenvalue weighted by Crippen LogP contribution is -2.41. The number of amides is 1. The van der Waals surface area contributed by atoms with Crippen molar-refractivity contribution in [1.29, 1.82) is 0 Å². The number of carbonyl (C=O) groups is 1. The summed E-state index contributed by atoms with van der Waals surface area (Å²) in [7, 11) is 0. The first-order valence-corrected chi connectivity index (χ1v) is 6.10. The second kappa shape index (κ2) is 4.49. The van der Waals surface area contributed by atoms with E-state index in [4.69, 9.17) is 5.73 Å². The molecule has 17 heavy (non-hydrogen) atoms. The topological polar surface area (TPSA) is 75.0 Å². The van der Waals surface area contributed by atoms with Gasteiger partial charge in [-0.05, 0) is 33.6 Å². The quantitative estimate of drug-likeness (QED) is 0.805. The smallest absolute Gasteiger partial charge is 0.239 e. The number of likely N-dealkylation sites (tertiary alicyclic amines) is 1. The highest BCUT2D eigenvalue weighted by molar-refractivity contribution is 5.82. The molecule has 2 atom stereocenters. The number of H-pyrrole nitrogens is 1. The van der Waals surface area contributed by atoms with Crippen LogP contribution in [0.2, 0.25) is 0 Å². The monoisotopic (exact) mass is 236 g/mol. The van der Waals surface area contributed by atoms with Gasteiger partial charge in [0.25, 0.3) is 0 Å². The second-order valence-electron chi connectivity index (χ2n) is 4.83. The summed E-state index contributed by atoms with van der Waals surface area (Å²) in [5, 5.41) is 7.19. The molecule has 94 valence electrons. The number of aromatic amines is 1. The molecule has 1 saturated heterocycles. The van der Waals surface area contributed by atoms with Gasteiger partial charge in [-0.15, -0.1) is 0 Å². The summed E-state index contributed by atoms with van der Waals surface area (Å²) in [5.41, 5.74) is 8.89. The van der Waals surface area contributed by atoms with Crippen LogP contribution in [0.5, 0.6) is 0 Å². The van der Waals surface area contributed by atoms with Gasteiger partial charge in [-0.25, -0.2) is 0 Å². The first-order valence-electron chi connectivity index (χ1n) is 6.10. The molecule has 1 aromatic heterocycles. The minimum absolute atomic E-state index is 0.0347. The molecule has 0 saturated carbocycles. The normalized spacial score (nSPS) is 21.9. The van der Waals surface area contributed by atoms with E-state index in [1.54, 1.807) is 6.92 Å². The predicted octanol–water partition coefficient (Wildman–Crippen LogP) is 1.04. The van der Waals surface area contributed by atoms with Crippen LogP contribution in [0, 0.1) is 13.8 Å². The van der Waals surface area contributed by atoms with E-state index in [2.05, 4.69) is 10.2 Å². The van der Waals surface area contributed by atoms with E-state index in [9.17, 15) is 4.79 Å². The fourth-order valence-electron chi connectivity index (χ4n) is 2.64. The molecule has 1 fully saturated rings. The van der Waals surface area contributed by atoms with Crippen LogP contribution >= 0.6 is 0 Å². The lowest BCUT2D eigenvalue weighted by atomic mass is 10.0. The first kappa shape index (κ1) is 12.1. The molecule has 1 aromatic rings. The summed E-state index contributed by atoms with van der Waals surface area (Å²) in [5.74, 6) is 0.0347. The molecule has 1 amide bonds. The third-order valence-corrected chi connectivity index (χ3v) is 3.44. The van der Waals surface area contributed by atoms with Crippen molar-refractivity contribution >= 4 is 5.91 Å². The first-order chi connectivity index (χ1) is 8.02. The molecule has 0 bridgehead atoms. The lowest BCUT2D eigenvalue weighted by Gasteiger charge is -2.26. The van der Waals surface area contributed by atoms with Crippen molar-refractivity contribution < 1.29 is 4.79 Å². The molecule has 5 heteroatoms. The molecule has 0 aromatic carbocycles. The maximum atomic E-state index is 12.0. The standard InChI is InChI=1S/C12H20N4O/c1-7(13)12(17)16-6-4-5-10(16)11-8(2)14-15-9(11)3/h7,10H,4-6,13H2,1-3H3,(H,14,15)/t7-,10+/m1/s1. The Morgan fingerprint density at radius 2 is 2.29 bits per heavy atom. The van der Waals surface area contributed by atoms with Crippen molar-refractivity contribution in [2.45, 2.75) is 45.7 Å². The molecule has 0 spiro atoms. The third kappa shape index (κ3) is 2.07. The Kier molecular flexibility index (Phi) is 3.19. The summed E-state index contributed by atoms with van der Waals surface area (Å²) in [6.45, 7) is 6.52. The van der Waals surface area contributed by atoms with Crippen molar-refractivity contribution in [2.75, 3.05) is 6.54 Å². The molecule has 2 rings (SSSR count). The Hall–Kier alpha value is -1.36. The maximum Gasteiger partial charge on any atom is 0.239 e. The van der Waals surface area contributed by atoms with Crippen LogP contribution in [0.4, 0.5) is 0 Å². The summed E-state index contributed by atoms with van der Waals surface area (Å²) in [6, 6.07) is -0.282. The maximum absolute atomic E-state index is 12.0. The predicted molar refractivity (Wildman–Crippen MR) is 65.4 cm³/mol. The molecule has 0 radical (unpaired) electrons. The summed E-state index contributed by atoms with van der Waals surface area (Å²) in [4.78, 5) is 13.9. The Morgan fingerprint density at radius 3 is 2.82 bits per heavy atom. The van der Waals surface area contributed by atoms with Gasteiger partial charge in [0, 0.05) is 17.8 Å². The number of hydrogen-bond donors (Lipinski definition) is 2. The minimum atomic E-state index is -0.428. The molecule has 0 aliphatic carbocycles. The van der Waals surface area contributed by atoms with E-state index < -0.39 is 6.04 Å². The SMILES string of the molecule is Cc1n[nH]c(C)c1[C@@H]1CCCN1C(=O)[C@@H](C)N. The molecular formula is C12H20N4O. The van der Waals surface area contributed by atoms with Gasteiger partial charge < -0.3 is 10.6 Å². The van der Waals surface area contributed by atoms with Crippen molar-refractivity contribution in [3.63, 3.8) is 0 Å². The van der Waals surface area contributed by atoms with Gasteiger partial charge >= 0.3 is 0 Å². The van der Waals surface area contributed by atoms with Gasteiger partial charge in [0.2, 0.25) is 5.91 Å². The van der Waals surface area contributed by atoms with E-state index in [-0.39, 0.29) is 11.9 Å². The van der Waals surface area contributed by atoms with Crippen LogP contribution in [-0.4, -0.2) is 33.6 Å². The van der Waals surface area contributed by atoms with Crippen molar-refractivity contribution in [3.8, 4) is 0 Å². The third-order valence-electron chi connectivity index (χ3n) is 3.44. The lowest BCUT2D eigenvalue weighted by molar-refractivity contribution is -0.133. The summed E-state index contributed by atoms with van der Waals surface area (Å²) in [6.07, 6.45) is 2.03. The Labute approximate surface area is 101 Å². The fourth-order valence-corrected chi connectivity index (χ4v) is 2.64. The van der Waals surface area contributed by atoms with Gasteiger partial charge in [0.1, 0.15) is 0 Å². The fraction of sp³-hybridized carbons (Fsp3) is 0.667. The Bertz CT molecular complexity index is 405. The molecule has 1 aliphatic heterocycles. The van der Waals surface area contributed by atoms with Gasteiger partial charge in [-0.2, -0.15) is 5.10 Å². The zero-order valence-electron chi connectivity index (χ0n) is 10.7. The number of nitrogens with one attached hydrogen (secondary N) is 1. The number of nitrogens with two attached hydrogens (primary N) is 1. The highest BCUT2D eigenvalue weighted by Gasteiger charge is 2.33. The molecule has 5 nitrogen and oxygen atoms in total.